The minimum absolute atomic E-state index is 0.667. The van der Waals surface area contributed by atoms with Crippen LogP contribution >= 0.6 is 0 Å². The standard InChI is InChI=1S/C14H14.C3H7N/c1-5-7-11(3)14-9-8-12(4)13(6-2)10-14;1-3(2)4/h2,5,7-10H,3H2,1,4H3;4H,1-2H3/b7-5-;. The molecule has 0 unspecified atom stereocenters. The van der Waals surface area contributed by atoms with Crippen LogP contribution in [0.4, 0.5) is 0 Å². The first-order valence-corrected chi connectivity index (χ1v) is 5.83. The third kappa shape index (κ3) is 5.86. The predicted molar refractivity (Wildman–Crippen MR) is 82.0 cm³/mol. The van der Waals surface area contributed by atoms with Gasteiger partial charge in [0.15, 0.2) is 0 Å². The molecule has 0 aliphatic rings. The molecular formula is C17H21N. The second-order valence-electron chi connectivity index (χ2n) is 4.20. The Bertz CT molecular complexity index is 495. The highest BCUT2D eigenvalue weighted by atomic mass is 14.3. The number of allylic oxidation sites excluding steroid dienone is 3. The Morgan fingerprint density at radius 3 is 2.39 bits per heavy atom. The van der Waals surface area contributed by atoms with Gasteiger partial charge in [-0.1, -0.05) is 36.8 Å². The van der Waals surface area contributed by atoms with E-state index in [0.29, 0.717) is 5.71 Å². The number of hydrogen-bond acceptors (Lipinski definition) is 1. The summed E-state index contributed by atoms with van der Waals surface area (Å²) in [5.41, 5.74) is 4.81. The topological polar surface area (TPSA) is 23.9 Å². The second-order valence-corrected chi connectivity index (χ2v) is 4.20. The van der Waals surface area contributed by atoms with Crippen LogP contribution in [0.5, 0.6) is 0 Å². The van der Waals surface area contributed by atoms with Gasteiger partial charge in [-0.25, -0.2) is 0 Å². The minimum atomic E-state index is 0.667. The molecule has 1 nitrogen and oxygen atoms in total. The molecule has 94 valence electrons. The summed E-state index contributed by atoms with van der Waals surface area (Å²) in [4.78, 5) is 0. The minimum Gasteiger partial charge on any atom is -0.310 e. The molecule has 1 heteroatoms. The van der Waals surface area contributed by atoms with Gasteiger partial charge in [0.05, 0.1) is 0 Å². The molecule has 0 saturated heterocycles. The lowest BCUT2D eigenvalue weighted by atomic mass is 10.0. The largest absolute Gasteiger partial charge is 0.310 e. The highest BCUT2D eigenvalue weighted by Crippen LogP contribution is 2.17. The van der Waals surface area contributed by atoms with E-state index in [0.717, 1.165) is 22.3 Å². The Kier molecular flexibility index (Phi) is 7.15. The lowest BCUT2D eigenvalue weighted by molar-refractivity contribution is 1.42. The monoisotopic (exact) mass is 239 g/mol. The van der Waals surface area contributed by atoms with E-state index in [1.165, 1.54) is 0 Å². The zero-order valence-electron chi connectivity index (χ0n) is 11.7. The lowest BCUT2D eigenvalue weighted by Crippen LogP contribution is -1.85. The molecule has 0 atom stereocenters. The summed E-state index contributed by atoms with van der Waals surface area (Å²) in [5.74, 6) is 2.67. The fourth-order valence-electron chi connectivity index (χ4n) is 1.27. The van der Waals surface area contributed by atoms with Crippen LogP contribution in [0.15, 0.2) is 36.9 Å². The van der Waals surface area contributed by atoms with Crippen molar-refractivity contribution in [1.29, 1.82) is 5.41 Å². The van der Waals surface area contributed by atoms with Crippen molar-refractivity contribution in [1.82, 2.24) is 0 Å². The average Bonchev–Trinajstić information content (AvgIpc) is 2.29. The van der Waals surface area contributed by atoms with Crippen molar-refractivity contribution in [3.05, 3.63) is 53.6 Å². The van der Waals surface area contributed by atoms with Gasteiger partial charge in [0.1, 0.15) is 0 Å². The predicted octanol–water partition coefficient (Wildman–Crippen LogP) is 4.61. The molecule has 0 bridgehead atoms. The van der Waals surface area contributed by atoms with E-state index in [1.54, 1.807) is 13.8 Å². The fraction of sp³-hybridized carbons (Fsp3) is 0.235. The van der Waals surface area contributed by atoms with E-state index >= 15 is 0 Å². The van der Waals surface area contributed by atoms with E-state index in [4.69, 9.17) is 11.8 Å². The zero-order chi connectivity index (χ0) is 14.1. The van der Waals surface area contributed by atoms with E-state index in [9.17, 15) is 0 Å². The van der Waals surface area contributed by atoms with Gasteiger partial charge in [-0.2, -0.15) is 0 Å². The summed E-state index contributed by atoms with van der Waals surface area (Å²) < 4.78 is 0. The maximum atomic E-state index is 6.50. The van der Waals surface area contributed by atoms with Crippen LogP contribution < -0.4 is 0 Å². The molecule has 1 rings (SSSR count). The van der Waals surface area contributed by atoms with Crippen LogP contribution in [0.2, 0.25) is 0 Å². The molecule has 18 heavy (non-hydrogen) atoms. The molecule has 0 amide bonds. The molecule has 1 aromatic carbocycles. The molecule has 0 aromatic heterocycles. The molecule has 1 N–H and O–H groups in total. The Hall–Kier alpha value is -2.07. The molecule has 1 aromatic rings. The van der Waals surface area contributed by atoms with Crippen molar-refractivity contribution in [3.63, 3.8) is 0 Å². The van der Waals surface area contributed by atoms with E-state index in [2.05, 4.69) is 12.5 Å². The van der Waals surface area contributed by atoms with Crippen molar-refractivity contribution in [2.24, 2.45) is 0 Å². The third-order valence-electron chi connectivity index (χ3n) is 2.13. The van der Waals surface area contributed by atoms with Gasteiger partial charge in [0.25, 0.3) is 0 Å². The van der Waals surface area contributed by atoms with Crippen LogP contribution in [-0.2, 0) is 0 Å². The first-order valence-electron chi connectivity index (χ1n) is 5.83. The SMILES string of the molecule is C#Cc1cc(C(=C)/C=C\C)ccc1C.CC(C)=N. The molecule has 0 spiro atoms. The molecule has 0 aliphatic heterocycles. The zero-order valence-corrected chi connectivity index (χ0v) is 11.7. The van der Waals surface area contributed by atoms with Gasteiger partial charge in [0, 0.05) is 11.3 Å². The van der Waals surface area contributed by atoms with Crippen LogP contribution in [0.25, 0.3) is 5.57 Å². The van der Waals surface area contributed by atoms with Gasteiger partial charge in [-0.05, 0) is 50.5 Å². The number of terminal acetylenes is 1. The Morgan fingerprint density at radius 1 is 1.39 bits per heavy atom. The van der Waals surface area contributed by atoms with Gasteiger partial charge in [-0.15, -0.1) is 6.42 Å². The highest BCUT2D eigenvalue weighted by Gasteiger charge is 1.98. The molecule has 0 aliphatic carbocycles. The number of nitrogens with one attached hydrogen (secondary N) is 1. The first-order chi connectivity index (χ1) is 8.42. The van der Waals surface area contributed by atoms with Crippen molar-refractivity contribution in [3.8, 4) is 12.3 Å². The van der Waals surface area contributed by atoms with Crippen LogP contribution in [0, 0.1) is 24.7 Å². The van der Waals surface area contributed by atoms with Crippen LogP contribution in [-0.4, -0.2) is 5.71 Å². The Balaban J connectivity index is 0.000000631. The van der Waals surface area contributed by atoms with Crippen molar-refractivity contribution < 1.29 is 0 Å². The van der Waals surface area contributed by atoms with Crippen molar-refractivity contribution >= 4 is 11.3 Å². The number of hydrogen-bond donors (Lipinski definition) is 1. The molecule has 0 fully saturated rings. The second kappa shape index (κ2) is 8.08. The quantitative estimate of drug-likeness (QED) is 0.442. The molecule has 0 radical (unpaired) electrons. The number of benzene rings is 1. The van der Waals surface area contributed by atoms with Gasteiger partial charge < -0.3 is 5.41 Å². The first kappa shape index (κ1) is 15.9. The van der Waals surface area contributed by atoms with E-state index in [-0.39, 0.29) is 0 Å². The molecule has 0 heterocycles. The Morgan fingerprint density at radius 2 is 1.94 bits per heavy atom. The Labute approximate surface area is 111 Å². The summed E-state index contributed by atoms with van der Waals surface area (Å²) in [7, 11) is 0. The summed E-state index contributed by atoms with van der Waals surface area (Å²) in [6.07, 6.45) is 9.34. The smallest absolute Gasteiger partial charge is 0.0277 e. The van der Waals surface area contributed by atoms with Crippen molar-refractivity contribution in [2.75, 3.05) is 0 Å². The van der Waals surface area contributed by atoms with Gasteiger partial charge >= 0.3 is 0 Å². The van der Waals surface area contributed by atoms with E-state index in [1.807, 2.05) is 44.2 Å². The van der Waals surface area contributed by atoms with Crippen LogP contribution in [0.1, 0.15) is 37.5 Å². The maximum Gasteiger partial charge on any atom is 0.0277 e. The molecule has 0 saturated carbocycles. The normalized spacial score (nSPS) is 9.28. The highest BCUT2D eigenvalue weighted by molar-refractivity contribution is 5.75. The summed E-state index contributed by atoms with van der Waals surface area (Å²) in [6.45, 7) is 11.4. The summed E-state index contributed by atoms with van der Waals surface area (Å²) in [6, 6.07) is 6.06. The summed E-state index contributed by atoms with van der Waals surface area (Å²) in [5, 5.41) is 6.50. The number of aryl methyl sites for hydroxylation is 1. The van der Waals surface area contributed by atoms with E-state index < -0.39 is 0 Å². The van der Waals surface area contributed by atoms with Crippen LogP contribution in [0.3, 0.4) is 0 Å². The fourth-order valence-corrected chi connectivity index (χ4v) is 1.27. The van der Waals surface area contributed by atoms with Crippen molar-refractivity contribution in [2.45, 2.75) is 27.7 Å². The molecular weight excluding hydrogens is 218 g/mol. The van der Waals surface area contributed by atoms with Gasteiger partial charge in [-0.3, -0.25) is 0 Å². The average molecular weight is 239 g/mol. The third-order valence-corrected chi connectivity index (χ3v) is 2.13. The number of rotatable bonds is 2. The van der Waals surface area contributed by atoms with Gasteiger partial charge in [0.2, 0.25) is 0 Å². The summed E-state index contributed by atoms with van der Waals surface area (Å²) >= 11 is 0. The lowest BCUT2D eigenvalue weighted by Gasteiger charge is -2.03. The maximum absolute atomic E-state index is 6.50.